The van der Waals surface area contributed by atoms with Crippen LogP contribution >= 0.6 is 0 Å². The standard InChI is InChI=1S/C10H18O2/c1-7(2)10-5-4-9(12-10)6-8(3)11/h7,9-10H,4-6H2,1-3H3. The molecule has 1 aliphatic heterocycles. The van der Waals surface area contributed by atoms with Gasteiger partial charge in [-0.15, -0.1) is 0 Å². The van der Waals surface area contributed by atoms with Gasteiger partial charge in [0.2, 0.25) is 0 Å². The summed E-state index contributed by atoms with van der Waals surface area (Å²) in [4.78, 5) is 10.8. The smallest absolute Gasteiger partial charge is 0.132 e. The van der Waals surface area contributed by atoms with Gasteiger partial charge < -0.3 is 4.74 Å². The molecular weight excluding hydrogens is 152 g/mol. The molecule has 2 heteroatoms. The van der Waals surface area contributed by atoms with Crippen LogP contribution in [0.3, 0.4) is 0 Å². The number of carbonyl (C=O) groups excluding carboxylic acids is 1. The van der Waals surface area contributed by atoms with Crippen molar-refractivity contribution in [3.63, 3.8) is 0 Å². The van der Waals surface area contributed by atoms with Crippen molar-refractivity contribution in [1.82, 2.24) is 0 Å². The quantitative estimate of drug-likeness (QED) is 0.649. The minimum atomic E-state index is 0.204. The third-order valence-corrected chi connectivity index (χ3v) is 2.40. The predicted octanol–water partition coefficient (Wildman–Crippen LogP) is 2.17. The van der Waals surface area contributed by atoms with Crippen LogP contribution in [-0.2, 0) is 9.53 Å². The third kappa shape index (κ3) is 2.59. The van der Waals surface area contributed by atoms with Crippen molar-refractivity contribution >= 4 is 5.78 Å². The van der Waals surface area contributed by atoms with Crippen LogP contribution in [0.4, 0.5) is 0 Å². The first kappa shape index (κ1) is 9.72. The first-order chi connectivity index (χ1) is 5.59. The summed E-state index contributed by atoms with van der Waals surface area (Å²) >= 11 is 0. The molecule has 0 aromatic carbocycles. The van der Waals surface area contributed by atoms with Crippen molar-refractivity contribution in [2.24, 2.45) is 5.92 Å². The summed E-state index contributed by atoms with van der Waals surface area (Å²) in [7, 11) is 0. The SMILES string of the molecule is CC(=O)CC1CCC(C(C)C)O1. The molecule has 0 N–H and O–H groups in total. The second kappa shape index (κ2) is 4.04. The van der Waals surface area contributed by atoms with Gasteiger partial charge in [-0.3, -0.25) is 4.79 Å². The number of hydrogen-bond acceptors (Lipinski definition) is 2. The third-order valence-electron chi connectivity index (χ3n) is 2.40. The number of rotatable bonds is 3. The lowest BCUT2D eigenvalue weighted by Crippen LogP contribution is -2.17. The minimum Gasteiger partial charge on any atom is -0.374 e. The Labute approximate surface area is 74.3 Å². The van der Waals surface area contributed by atoms with Gasteiger partial charge in [0.25, 0.3) is 0 Å². The Morgan fingerprint density at radius 3 is 2.58 bits per heavy atom. The molecule has 1 fully saturated rings. The Balaban J connectivity index is 2.30. The highest BCUT2D eigenvalue weighted by molar-refractivity contribution is 5.75. The molecule has 1 saturated heterocycles. The highest BCUT2D eigenvalue weighted by atomic mass is 16.5. The second-order valence-corrected chi connectivity index (χ2v) is 4.02. The molecule has 2 nitrogen and oxygen atoms in total. The van der Waals surface area contributed by atoms with Gasteiger partial charge in [-0.25, -0.2) is 0 Å². The molecule has 0 amide bonds. The van der Waals surface area contributed by atoms with E-state index in [-0.39, 0.29) is 11.9 Å². The molecule has 0 spiro atoms. The van der Waals surface area contributed by atoms with Crippen LogP contribution in [-0.4, -0.2) is 18.0 Å². The van der Waals surface area contributed by atoms with E-state index < -0.39 is 0 Å². The number of ether oxygens (including phenoxy) is 1. The average molecular weight is 170 g/mol. The molecule has 0 aromatic rings. The van der Waals surface area contributed by atoms with E-state index in [1.165, 1.54) is 0 Å². The van der Waals surface area contributed by atoms with E-state index in [4.69, 9.17) is 4.74 Å². The molecule has 1 aliphatic rings. The van der Waals surface area contributed by atoms with Gasteiger partial charge >= 0.3 is 0 Å². The fourth-order valence-corrected chi connectivity index (χ4v) is 1.69. The van der Waals surface area contributed by atoms with Gasteiger partial charge in [0, 0.05) is 6.42 Å². The van der Waals surface area contributed by atoms with Crippen LogP contribution in [0.25, 0.3) is 0 Å². The molecule has 0 aliphatic carbocycles. The van der Waals surface area contributed by atoms with Crippen LogP contribution in [0, 0.1) is 5.92 Å². The van der Waals surface area contributed by atoms with Crippen LogP contribution in [0.5, 0.6) is 0 Å². The van der Waals surface area contributed by atoms with Crippen LogP contribution < -0.4 is 0 Å². The first-order valence-corrected chi connectivity index (χ1v) is 4.74. The molecule has 1 rings (SSSR count). The zero-order chi connectivity index (χ0) is 9.14. The van der Waals surface area contributed by atoms with E-state index >= 15 is 0 Å². The van der Waals surface area contributed by atoms with E-state index in [0.29, 0.717) is 18.4 Å². The fourth-order valence-electron chi connectivity index (χ4n) is 1.69. The maximum absolute atomic E-state index is 10.8. The monoisotopic (exact) mass is 170 g/mol. The van der Waals surface area contributed by atoms with Crippen molar-refractivity contribution in [2.75, 3.05) is 0 Å². The lowest BCUT2D eigenvalue weighted by molar-refractivity contribution is -0.119. The van der Waals surface area contributed by atoms with Gasteiger partial charge in [0.05, 0.1) is 12.2 Å². The van der Waals surface area contributed by atoms with Gasteiger partial charge in [0.15, 0.2) is 0 Å². The zero-order valence-corrected chi connectivity index (χ0v) is 8.17. The summed E-state index contributed by atoms with van der Waals surface area (Å²) in [6, 6.07) is 0. The van der Waals surface area contributed by atoms with E-state index in [2.05, 4.69) is 13.8 Å². The topological polar surface area (TPSA) is 26.3 Å². The molecule has 1 heterocycles. The van der Waals surface area contributed by atoms with E-state index in [0.717, 1.165) is 12.8 Å². The van der Waals surface area contributed by atoms with Crippen LogP contribution in [0.1, 0.15) is 40.0 Å². The minimum absolute atomic E-state index is 0.204. The molecule has 70 valence electrons. The Morgan fingerprint density at radius 1 is 1.50 bits per heavy atom. The van der Waals surface area contributed by atoms with E-state index in [1.807, 2.05) is 0 Å². The molecule has 0 bridgehead atoms. The summed E-state index contributed by atoms with van der Waals surface area (Å²) in [6.07, 6.45) is 3.37. The number of carbonyl (C=O) groups is 1. The highest BCUT2D eigenvalue weighted by Crippen LogP contribution is 2.26. The second-order valence-electron chi connectivity index (χ2n) is 4.02. The van der Waals surface area contributed by atoms with Gasteiger partial charge in [-0.1, -0.05) is 13.8 Å². The van der Waals surface area contributed by atoms with Crippen molar-refractivity contribution in [3.05, 3.63) is 0 Å². The maximum atomic E-state index is 10.8. The lowest BCUT2D eigenvalue weighted by Gasteiger charge is -2.15. The van der Waals surface area contributed by atoms with Gasteiger partial charge in [-0.05, 0) is 25.7 Å². The molecule has 0 aromatic heterocycles. The zero-order valence-electron chi connectivity index (χ0n) is 8.17. The largest absolute Gasteiger partial charge is 0.374 e. The first-order valence-electron chi connectivity index (χ1n) is 4.74. The number of Topliss-reactive ketones (excluding diaryl/α,β-unsaturated/α-hetero) is 1. The van der Waals surface area contributed by atoms with E-state index in [9.17, 15) is 4.79 Å². The molecular formula is C10H18O2. The number of ketones is 1. The van der Waals surface area contributed by atoms with Crippen LogP contribution in [0.2, 0.25) is 0 Å². The maximum Gasteiger partial charge on any atom is 0.132 e. The van der Waals surface area contributed by atoms with Crippen LogP contribution in [0.15, 0.2) is 0 Å². The van der Waals surface area contributed by atoms with Crippen molar-refractivity contribution in [2.45, 2.75) is 52.2 Å². The summed E-state index contributed by atoms with van der Waals surface area (Å²) in [5.74, 6) is 0.825. The molecule has 2 unspecified atom stereocenters. The number of hydrogen-bond donors (Lipinski definition) is 0. The Hall–Kier alpha value is -0.370. The van der Waals surface area contributed by atoms with Crippen molar-refractivity contribution < 1.29 is 9.53 Å². The van der Waals surface area contributed by atoms with E-state index in [1.54, 1.807) is 6.92 Å². The average Bonchev–Trinajstić information content (AvgIpc) is 2.34. The van der Waals surface area contributed by atoms with Gasteiger partial charge in [-0.2, -0.15) is 0 Å². The molecule has 0 radical (unpaired) electrons. The van der Waals surface area contributed by atoms with Crippen molar-refractivity contribution in [1.29, 1.82) is 0 Å². The molecule has 12 heavy (non-hydrogen) atoms. The predicted molar refractivity (Wildman–Crippen MR) is 48.0 cm³/mol. The fraction of sp³-hybridized carbons (Fsp3) is 0.900. The normalized spacial score (nSPS) is 29.7. The van der Waals surface area contributed by atoms with Crippen molar-refractivity contribution in [3.8, 4) is 0 Å². The Bertz CT molecular complexity index is 163. The van der Waals surface area contributed by atoms with Gasteiger partial charge in [0.1, 0.15) is 5.78 Å². The summed E-state index contributed by atoms with van der Waals surface area (Å²) in [6.45, 7) is 5.97. The molecule has 0 saturated carbocycles. The lowest BCUT2D eigenvalue weighted by atomic mass is 10.0. The summed E-state index contributed by atoms with van der Waals surface area (Å²) in [5, 5.41) is 0. The summed E-state index contributed by atoms with van der Waals surface area (Å²) in [5.41, 5.74) is 0. The Kier molecular flexibility index (Phi) is 3.27. The highest BCUT2D eigenvalue weighted by Gasteiger charge is 2.27. The summed E-state index contributed by atoms with van der Waals surface area (Å²) < 4.78 is 5.71. The molecule has 2 atom stereocenters. The Morgan fingerprint density at radius 2 is 2.17 bits per heavy atom.